The second kappa shape index (κ2) is 9.23. The Morgan fingerprint density at radius 1 is 1.04 bits per heavy atom. The third kappa shape index (κ3) is 5.71. The van der Waals surface area contributed by atoms with Gasteiger partial charge in [-0.15, -0.1) is 0 Å². The van der Waals surface area contributed by atoms with Crippen molar-refractivity contribution >= 4 is 33.3 Å². The third-order valence-electron chi connectivity index (χ3n) is 3.71. The fraction of sp³-hybridized carbons (Fsp3) is 0.263. The number of carbonyl (C=O) groups is 2. The second-order valence-corrected chi connectivity index (χ2v) is 7.72. The normalized spacial score (nSPS) is 10.8. The van der Waals surface area contributed by atoms with E-state index in [0.29, 0.717) is 29.3 Å². The number of nitrogens with one attached hydrogen (secondary N) is 1. The highest BCUT2D eigenvalue weighted by molar-refractivity contribution is 7.92. The minimum absolute atomic E-state index is 0.340. The Labute approximate surface area is 164 Å². The molecule has 0 aliphatic rings. The maximum Gasteiger partial charge on any atom is 0.337 e. The van der Waals surface area contributed by atoms with Crippen molar-refractivity contribution in [3.05, 3.63) is 54.1 Å². The molecule has 1 amide bonds. The van der Waals surface area contributed by atoms with Gasteiger partial charge in [-0.3, -0.25) is 9.10 Å². The van der Waals surface area contributed by atoms with Crippen LogP contribution in [0, 0.1) is 0 Å². The molecular formula is C19H22N2O6S. The fourth-order valence-corrected chi connectivity index (χ4v) is 3.27. The van der Waals surface area contributed by atoms with Crippen LogP contribution in [0.5, 0.6) is 5.75 Å². The Kier molecular flexibility index (Phi) is 7.00. The topological polar surface area (TPSA) is 102 Å². The maximum absolute atomic E-state index is 12.4. The Morgan fingerprint density at radius 3 is 2.14 bits per heavy atom. The fourth-order valence-electron chi connectivity index (χ4n) is 2.41. The van der Waals surface area contributed by atoms with Gasteiger partial charge in [-0.1, -0.05) is 0 Å². The van der Waals surface area contributed by atoms with Crippen molar-refractivity contribution in [2.24, 2.45) is 0 Å². The van der Waals surface area contributed by atoms with E-state index in [-0.39, 0.29) is 0 Å². The highest BCUT2D eigenvalue weighted by Gasteiger charge is 2.21. The average Bonchev–Trinajstić information content (AvgIpc) is 2.66. The molecular weight excluding hydrogens is 384 g/mol. The Morgan fingerprint density at radius 2 is 1.64 bits per heavy atom. The molecule has 28 heavy (non-hydrogen) atoms. The summed E-state index contributed by atoms with van der Waals surface area (Å²) in [6, 6.07) is 12.5. The van der Waals surface area contributed by atoms with Crippen molar-refractivity contribution in [3.8, 4) is 5.75 Å². The lowest BCUT2D eigenvalue weighted by molar-refractivity contribution is -0.114. The number of methoxy groups -OCH3 is 1. The summed E-state index contributed by atoms with van der Waals surface area (Å²) in [6.07, 6.45) is 1.03. The Balaban J connectivity index is 2.12. The molecule has 0 aromatic heterocycles. The molecule has 2 aromatic carbocycles. The van der Waals surface area contributed by atoms with Crippen molar-refractivity contribution < 1.29 is 27.5 Å². The number of amides is 1. The molecule has 0 saturated heterocycles. The summed E-state index contributed by atoms with van der Waals surface area (Å²) in [4.78, 5) is 23.8. The van der Waals surface area contributed by atoms with Gasteiger partial charge >= 0.3 is 5.97 Å². The van der Waals surface area contributed by atoms with E-state index in [1.54, 1.807) is 24.3 Å². The molecule has 0 aliphatic heterocycles. The van der Waals surface area contributed by atoms with E-state index >= 15 is 0 Å². The van der Waals surface area contributed by atoms with Gasteiger partial charge in [-0.2, -0.15) is 0 Å². The maximum atomic E-state index is 12.4. The monoisotopic (exact) mass is 406 g/mol. The summed E-state index contributed by atoms with van der Waals surface area (Å²) >= 11 is 0. The van der Waals surface area contributed by atoms with Crippen molar-refractivity contribution in [3.63, 3.8) is 0 Å². The molecule has 0 heterocycles. The summed E-state index contributed by atoms with van der Waals surface area (Å²) in [7, 11) is -2.40. The molecule has 0 bridgehead atoms. The van der Waals surface area contributed by atoms with Crippen molar-refractivity contribution in [2.45, 2.75) is 6.92 Å². The zero-order valence-corrected chi connectivity index (χ0v) is 16.7. The number of nitrogens with zero attached hydrogens (tertiary/aromatic N) is 1. The van der Waals surface area contributed by atoms with Crippen LogP contribution >= 0.6 is 0 Å². The standard InChI is InChI=1S/C19H22N2O6S/c1-4-27-17-11-9-16(10-12-17)21(28(3,24)25)13-18(22)20-15-7-5-14(6-8-15)19(23)26-2/h5-12H,4,13H2,1-3H3,(H,20,22). The van der Waals surface area contributed by atoms with Crippen LogP contribution in [-0.2, 0) is 19.6 Å². The Bertz CT molecular complexity index is 924. The van der Waals surface area contributed by atoms with Crippen LogP contribution in [0.3, 0.4) is 0 Å². The van der Waals surface area contributed by atoms with E-state index in [9.17, 15) is 18.0 Å². The van der Waals surface area contributed by atoms with E-state index in [2.05, 4.69) is 10.1 Å². The van der Waals surface area contributed by atoms with Gasteiger partial charge < -0.3 is 14.8 Å². The molecule has 1 N–H and O–H groups in total. The van der Waals surface area contributed by atoms with Crippen molar-refractivity contribution in [1.82, 2.24) is 0 Å². The average molecular weight is 406 g/mol. The van der Waals surface area contributed by atoms with Gasteiger partial charge in [0.2, 0.25) is 15.9 Å². The number of carbonyl (C=O) groups excluding carboxylic acids is 2. The van der Waals surface area contributed by atoms with Gasteiger partial charge in [0.25, 0.3) is 0 Å². The van der Waals surface area contributed by atoms with Crippen LogP contribution in [-0.4, -0.2) is 46.8 Å². The van der Waals surface area contributed by atoms with Crippen LogP contribution in [0.25, 0.3) is 0 Å². The minimum Gasteiger partial charge on any atom is -0.494 e. The van der Waals surface area contributed by atoms with Crippen LogP contribution < -0.4 is 14.4 Å². The van der Waals surface area contributed by atoms with E-state index < -0.39 is 28.4 Å². The zero-order chi connectivity index (χ0) is 20.7. The highest BCUT2D eigenvalue weighted by atomic mass is 32.2. The molecule has 0 spiro atoms. The van der Waals surface area contributed by atoms with Crippen molar-refractivity contribution in [1.29, 1.82) is 0 Å². The SMILES string of the molecule is CCOc1ccc(N(CC(=O)Nc2ccc(C(=O)OC)cc2)S(C)(=O)=O)cc1. The van der Waals surface area contributed by atoms with Gasteiger partial charge in [0, 0.05) is 5.69 Å². The molecule has 0 fully saturated rings. The number of anilines is 2. The molecule has 0 radical (unpaired) electrons. The molecule has 2 rings (SSSR count). The first-order valence-corrected chi connectivity index (χ1v) is 10.3. The lowest BCUT2D eigenvalue weighted by atomic mass is 10.2. The molecule has 0 aliphatic carbocycles. The summed E-state index contributed by atoms with van der Waals surface area (Å²) < 4.78 is 35.2. The first-order valence-electron chi connectivity index (χ1n) is 8.43. The molecule has 0 atom stereocenters. The number of sulfonamides is 1. The number of hydrogen-bond acceptors (Lipinski definition) is 6. The van der Waals surface area contributed by atoms with Gasteiger partial charge in [0.05, 0.1) is 31.2 Å². The van der Waals surface area contributed by atoms with E-state index in [4.69, 9.17) is 4.74 Å². The van der Waals surface area contributed by atoms with E-state index in [1.165, 1.54) is 31.4 Å². The van der Waals surface area contributed by atoms with E-state index in [1.807, 2.05) is 6.92 Å². The molecule has 0 saturated carbocycles. The number of hydrogen-bond donors (Lipinski definition) is 1. The number of ether oxygens (including phenoxy) is 2. The summed E-state index contributed by atoms with van der Waals surface area (Å²) in [5.74, 6) is -0.406. The minimum atomic E-state index is -3.68. The summed E-state index contributed by atoms with van der Waals surface area (Å²) in [5.41, 5.74) is 1.12. The molecule has 150 valence electrons. The van der Waals surface area contributed by atoms with Crippen LogP contribution in [0.4, 0.5) is 11.4 Å². The predicted octanol–water partition coefficient (Wildman–Crippen LogP) is 2.28. The first-order chi connectivity index (χ1) is 13.2. The molecule has 0 unspecified atom stereocenters. The molecule has 2 aromatic rings. The quantitative estimate of drug-likeness (QED) is 0.675. The number of esters is 1. The summed E-state index contributed by atoms with van der Waals surface area (Å²) in [6.45, 7) is 1.94. The van der Waals surface area contributed by atoms with Gasteiger partial charge in [0.1, 0.15) is 12.3 Å². The van der Waals surface area contributed by atoms with Gasteiger partial charge in [-0.05, 0) is 55.5 Å². The van der Waals surface area contributed by atoms with Crippen LogP contribution in [0.2, 0.25) is 0 Å². The van der Waals surface area contributed by atoms with E-state index in [0.717, 1.165) is 10.6 Å². The second-order valence-electron chi connectivity index (χ2n) is 5.81. The lowest BCUT2D eigenvalue weighted by Gasteiger charge is -2.22. The van der Waals surface area contributed by atoms with Crippen LogP contribution in [0.1, 0.15) is 17.3 Å². The first kappa shape index (κ1) is 21.2. The zero-order valence-electron chi connectivity index (χ0n) is 15.8. The van der Waals surface area contributed by atoms with Gasteiger partial charge in [-0.25, -0.2) is 13.2 Å². The smallest absolute Gasteiger partial charge is 0.337 e. The van der Waals surface area contributed by atoms with Crippen LogP contribution in [0.15, 0.2) is 48.5 Å². The third-order valence-corrected chi connectivity index (χ3v) is 4.85. The number of benzene rings is 2. The number of rotatable bonds is 8. The molecule has 8 nitrogen and oxygen atoms in total. The largest absolute Gasteiger partial charge is 0.494 e. The van der Waals surface area contributed by atoms with Gasteiger partial charge in [0.15, 0.2) is 0 Å². The molecule has 9 heteroatoms. The van der Waals surface area contributed by atoms with Crippen molar-refractivity contribution in [2.75, 3.05) is 36.1 Å². The Hall–Kier alpha value is -3.07. The lowest BCUT2D eigenvalue weighted by Crippen LogP contribution is -2.37. The summed E-state index contributed by atoms with van der Waals surface area (Å²) in [5, 5.41) is 2.61. The highest BCUT2D eigenvalue weighted by Crippen LogP contribution is 2.22. The predicted molar refractivity (Wildman–Crippen MR) is 106 cm³/mol.